The summed E-state index contributed by atoms with van der Waals surface area (Å²) in [5.74, 6) is -0.708. The van der Waals surface area contributed by atoms with Crippen LogP contribution in [0.3, 0.4) is 0 Å². The molecule has 2 aromatic rings. The van der Waals surface area contributed by atoms with Gasteiger partial charge in [0, 0.05) is 5.56 Å². The summed E-state index contributed by atoms with van der Waals surface area (Å²) in [5.41, 5.74) is -0.0298. The standard InChI is InChI=1S/C14H14BrF2NO/c1-2-7-18-14(11-4-3-8-19-11)12-10(16)6-5-9(15)13(12)17/h3-6,8,14,18H,2,7H2,1H3. The third-order valence-corrected chi connectivity index (χ3v) is 3.41. The lowest BCUT2D eigenvalue weighted by atomic mass is 10.0. The van der Waals surface area contributed by atoms with Crippen molar-refractivity contribution < 1.29 is 13.2 Å². The number of hydrogen-bond acceptors (Lipinski definition) is 2. The molecule has 2 rings (SSSR count). The minimum Gasteiger partial charge on any atom is -0.467 e. The molecule has 0 bridgehead atoms. The normalized spacial score (nSPS) is 12.6. The minimum atomic E-state index is -0.632. The van der Waals surface area contributed by atoms with E-state index < -0.39 is 17.7 Å². The molecule has 0 amide bonds. The lowest BCUT2D eigenvalue weighted by molar-refractivity contribution is 0.421. The highest BCUT2D eigenvalue weighted by atomic mass is 79.9. The zero-order valence-corrected chi connectivity index (χ0v) is 12.0. The van der Waals surface area contributed by atoms with Crippen LogP contribution >= 0.6 is 15.9 Å². The van der Waals surface area contributed by atoms with Crippen molar-refractivity contribution in [2.75, 3.05) is 6.54 Å². The largest absolute Gasteiger partial charge is 0.467 e. The van der Waals surface area contributed by atoms with E-state index in [0.29, 0.717) is 12.3 Å². The second kappa shape index (κ2) is 6.30. The maximum atomic E-state index is 14.2. The first-order chi connectivity index (χ1) is 9.15. The molecule has 0 saturated heterocycles. The fraction of sp³-hybridized carbons (Fsp3) is 0.286. The van der Waals surface area contributed by atoms with Gasteiger partial charge in [0.1, 0.15) is 17.4 Å². The molecule has 0 aliphatic heterocycles. The van der Waals surface area contributed by atoms with E-state index in [0.717, 1.165) is 6.42 Å². The van der Waals surface area contributed by atoms with Gasteiger partial charge in [-0.25, -0.2) is 8.78 Å². The van der Waals surface area contributed by atoms with Gasteiger partial charge < -0.3 is 9.73 Å². The fourth-order valence-electron chi connectivity index (χ4n) is 1.90. The van der Waals surface area contributed by atoms with Crippen molar-refractivity contribution in [2.45, 2.75) is 19.4 Å². The van der Waals surface area contributed by atoms with Gasteiger partial charge >= 0.3 is 0 Å². The second-order valence-electron chi connectivity index (χ2n) is 4.16. The molecule has 19 heavy (non-hydrogen) atoms. The van der Waals surface area contributed by atoms with Crippen LogP contribution in [0.25, 0.3) is 0 Å². The molecule has 2 nitrogen and oxygen atoms in total. The molecule has 1 unspecified atom stereocenters. The first-order valence-corrected chi connectivity index (χ1v) is 6.84. The highest BCUT2D eigenvalue weighted by Crippen LogP contribution is 2.31. The summed E-state index contributed by atoms with van der Waals surface area (Å²) < 4.78 is 33.6. The number of nitrogens with one attached hydrogen (secondary N) is 1. The number of benzene rings is 1. The van der Waals surface area contributed by atoms with E-state index in [4.69, 9.17) is 4.42 Å². The highest BCUT2D eigenvalue weighted by Gasteiger charge is 2.25. The maximum Gasteiger partial charge on any atom is 0.145 e. The van der Waals surface area contributed by atoms with E-state index in [1.807, 2.05) is 6.92 Å². The Morgan fingerprint density at radius 3 is 2.74 bits per heavy atom. The molecule has 0 spiro atoms. The van der Waals surface area contributed by atoms with Crippen molar-refractivity contribution in [3.8, 4) is 0 Å². The third kappa shape index (κ3) is 3.04. The van der Waals surface area contributed by atoms with Crippen molar-refractivity contribution in [1.82, 2.24) is 5.32 Å². The van der Waals surface area contributed by atoms with Crippen molar-refractivity contribution in [3.63, 3.8) is 0 Å². The van der Waals surface area contributed by atoms with E-state index >= 15 is 0 Å². The molecular formula is C14H14BrF2NO. The Morgan fingerprint density at radius 1 is 1.32 bits per heavy atom. The van der Waals surface area contributed by atoms with E-state index in [1.54, 1.807) is 12.1 Å². The number of halogens is 3. The topological polar surface area (TPSA) is 25.2 Å². The van der Waals surface area contributed by atoms with Gasteiger partial charge in [-0.15, -0.1) is 0 Å². The van der Waals surface area contributed by atoms with Crippen LogP contribution in [0.15, 0.2) is 39.4 Å². The molecule has 0 fully saturated rings. The molecule has 1 aromatic carbocycles. The predicted molar refractivity (Wildman–Crippen MR) is 72.9 cm³/mol. The van der Waals surface area contributed by atoms with E-state index in [1.165, 1.54) is 18.4 Å². The van der Waals surface area contributed by atoms with E-state index in [9.17, 15) is 8.78 Å². The molecule has 1 N–H and O–H groups in total. The fourth-order valence-corrected chi connectivity index (χ4v) is 2.24. The van der Waals surface area contributed by atoms with Gasteiger partial charge in [0.25, 0.3) is 0 Å². The minimum absolute atomic E-state index is 0.0298. The Labute approximate surface area is 118 Å². The third-order valence-electron chi connectivity index (χ3n) is 2.79. The van der Waals surface area contributed by atoms with Crippen LogP contribution in [0.4, 0.5) is 8.78 Å². The van der Waals surface area contributed by atoms with Gasteiger partial charge in [-0.2, -0.15) is 0 Å². The molecule has 1 heterocycles. The Hall–Kier alpha value is -1.20. The first kappa shape index (κ1) is 14.2. The Kier molecular flexibility index (Phi) is 4.71. The Bertz CT molecular complexity index is 543. The van der Waals surface area contributed by atoms with Crippen LogP contribution in [-0.2, 0) is 0 Å². The monoisotopic (exact) mass is 329 g/mol. The lowest BCUT2D eigenvalue weighted by Gasteiger charge is -2.18. The smallest absolute Gasteiger partial charge is 0.145 e. The van der Waals surface area contributed by atoms with Gasteiger partial charge in [-0.1, -0.05) is 6.92 Å². The quantitative estimate of drug-likeness (QED) is 0.822. The molecule has 1 aromatic heterocycles. The van der Waals surface area contributed by atoms with Crippen LogP contribution < -0.4 is 5.32 Å². The second-order valence-corrected chi connectivity index (χ2v) is 5.01. The Morgan fingerprint density at radius 2 is 2.11 bits per heavy atom. The molecule has 0 radical (unpaired) electrons. The van der Waals surface area contributed by atoms with Crippen LogP contribution in [-0.4, -0.2) is 6.54 Å². The predicted octanol–water partition coefficient (Wildman–Crippen LogP) is 4.41. The summed E-state index contributed by atoms with van der Waals surface area (Å²) in [4.78, 5) is 0. The number of furan rings is 1. The van der Waals surface area contributed by atoms with Crippen LogP contribution in [0.5, 0.6) is 0 Å². The van der Waals surface area contributed by atoms with Gasteiger partial charge in [-0.3, -0.25) is 0 Å². The summed E-state index contributed by atoms with van der Waals surface area (Å²) in [7, 11) is 0. The maximum absolute atomic E-state index is 14.2. The average molecular weight is 330 g/mol. The average Bonchev–Trinajstić information content (AvgIpc) is 2.92. The van der Waals surface area contributed by atoms with E-state index in [-0.39, 0.29) is 10.0 Å². The molecule has 102 valence electrons. The Balaban J connectivity index is 2.46. The molecule has 0 aliphatic carbocycles. The van der Waals surface area contributed by atoms with Crippen LogP contribution in [0.1, 0.15) is 30.7 Å². The van der Waals surface area contributed by atoms with Crippen LogP contribution in [0.2, 0.25) is 0 Å². The van der Waals surface area contributed by atoms with Crippen LogP contribution in [0, 0.1) is 11.6 Å². The summed E-state index contributed by atoms with van der Waals surface area (Å²) in [6.07, 6.45) is 2.35. The zero-order chi connectivity index (χ0) is 13.8. The van der Waals surface area contributed by atoms with Crippen molar-refractivity contribution in [1.29, 1.82) is 0 Å². The lowest BCUT2D eigenvalue weighted by Crippen LogP contribution is -2.25. The molecule has 0 aliphatic rings. The van der Waals surface area contributed by atoms with E-state index in [2.05, 4.69) is 21.2 Å². The zero-order valence-electron chi connectivity index (χ0n) is 10.4. The van der Waals surface area contributed by atoms with Gasteiger partial charge in [0.2, 0.25) is 0 Å². The van der Waals surface area contributed by atoms with Gasteiger partial charge in [0.15, 0.2) is 0 Å². The summed E-state index contributed by atoms with van der Waals surface area (Å²) in [6.45, 7) is 2.62. The highest BCUT2D eigenvalue weighted by molar-refractivity contribution is 9.10. The number of rotatable bonds is 5. The van der Waals surface area contributed by atoms with Gasteiger partial charge in [-0.05, 0) is 53.2 Å². The van der Waals surface area contributed by atoms with Crippen molar-refractivity contribution in [3.05, 3.63) is 58.0 Å². The summed E-state index contributed by atoms with van der Waals surface area (Å²) in [5, 5.41) is 3.10. The SMILES string of the molecule is CCCNC(c1ccco1)c1c(F)ccc(Br)c1F. The van der Waals surface area contributed by atoms with Gasteiger partial charge in [0.05, 0.1) is 16.8 Å². The molecule has 0 saturated carbocycles. The van der Waals surface area contributed by atoms with Crippen molar-refractivity contribution in [2.24, 2.45) is 0 Å². The summed E-state index contributed by atoms with van der Waals surface area (Å²) in [6, 6.07) is 5.36. The molecule has 5 heteroatoms. The van der Waals surface area contributed by atoms with Crippen molar-refractivity contribution >= 4 is 15.9 Å². The molecular weight excluding hydrogens is 316 g/mol. The summed E-state index contributed by atoms with van der Waals surface area (Å²) >= 11 is 3.08. The number of hydrogen-bond donors (Lipinski definition) is 1. The molecule has 1 atom stereocenters. The first-order valence-electron chi connectivity index (χ1n) is 6.05.